The molecular formula is C19H27IN4. The van der Waals surface area contributed by atoms with Gasteiger partial charge in [-0.1, -0.05) is 18.2 Å². The first-order chi connectivity index (χ1) is 10.8. The minimum atomic E-state index is 0. The highest BCUT2D eigenvalue weighted by Crippen LogP contribution is 2.21. The van der Waals surface area contributed by atoms with Gasteiger partial charge in [0.25, 0.3) is 0 Å². The SMILES string of the molecule is Cc1cc(C)cc(NC(N)=NCc2ccc(C)cc2N(C)C)c1.I. The molecule has 5 heteroatoms. The van der Waals surface area contributed by atoms with E-state index in [0.717, 1.165) is 11.3 Å². The Morgan fingerprint density at radius 3 is 2.21 bits per heavy atom. The summed E-state index contributed by atoms with van der Waals surface area (Å²) in [5, 5.41) is 3.17. The molecule has 0 fully saturated rings. The first-order valence-corrected chi connectivity index (χ1v) is 7.77. The van der Waals surface area contributed by atoms with E-state index in [-0.39, 0.29) is 24.0 Å². The van der Waals surface area contributed by atoms with Crippen LogP contribution in [-0.4, -0.2) is 20.1 Å². The fraction of sp³-hybridized carbons (Fsp3) is 0.316. The van der Waals surface area contributed by atoms with Gasteiger partial charge in [0, 0.05) is 25.5 Å². The first-order valence-electron chi connectivity index (χ1n) is 7.77. The number of aliphatic imine (C=N–C) groups is 1. The van der Waals surface area contributed by atoms with Crippen molar-refractivity contribution in [2.24, 2.45) is 10.7 Å². The fourth-order valence-corrected chi connectivity index (χ4v) is 2.63. The van der Waals surface area contributed by atoms with Crippen molar-refractivity contribution < 1.29 is 0 Å². The summed E-state index contributed by atoms with van der Waals surface area (Å²) in [4.78, 5) is 6.58. The van der Waals surface area contributed by atoms with Crippen LogP contribution in [0.25, 0.3) is 0 Å². The molecule has 2 aromatic carbocycles. The van der Waals surface area contributed by atoms with Gasteiger partial charge in [-0.15, -0.1) is 24.0 Å². The lowest BCUT2D eigenvalue weighted by atomic mass is 10.1. The number of nitrogens with zero attached hydrogens (tertiary/aromatic N) is 2. The molecular weight excluding hydrogens is 411 g/mol. The highest BCUT2D eigenvalue weighted by atomic mass is 127. The number of nitrogens with two attached hydrogens (primary N) is 1. The summed E-state index contributed by atoms with van der Waals surface area (Å²) in [6.45, 7) is 6.79. The third-order valence-corrected chi connectivity index (χ3v) is 3.64. The Balaban J connectivity index is 0.00000288. The average molecular weight is 438 g/mol. The number of guanidine groups is 1. The molecule has 0 heterocycles. The minimum absolute atomic E-state index is 0. The van der Waals surface area contributed by atoms with Gasteiger partial charge in [-0.2, -0.15) is 0 Å². The lowest BCUT2D eigenvalue weighted by Crippen LogP contribution is -2.23. The largest absolute Gasteiger partial charge is 0.377 e. The number of hydrogen-bond acceptors (Lipinski definition) is 2. The Kier molecular flexibility index (Phi) is 7.54. The zero-order valence-electron chi connectivity index (χ0n) is 15.1. The second kappa shape index (κ2) is 8.92. The molecule has 3 N–H and O–H groups in total. The normalized spacial score (nSPS) is 11.0. The Labute approximate surface area is 162 Å². The van der Waals surface area contributed by atoms with Crippen LogP contribution in [0.4, 0.5) is 11.4 Å². The van der Waals surface area contributed by atoms with E-state index in [1.54, 1.807) is 0 Å². The summed E-state index contributed by atoms with van der Waals surface area (Å²) in [6.07, 6.45) is 0. The Bertz CT molecular complexity index is 703. The van der Waals surface area contributed by atoms with Crippen molar-refractivity contribution in [2.45, 2.75) is 27.3 Å². The van der Waals surface area contributed by atoms with Gasteiger partial charge in [-0.25, -0.2) is 4.99 Å². The summed E-state index contributed by atoms with van der Waals surface area (Å²) >= 11 is 0. The predicted molar refractivity (Wildman–Crippen MR) is 116 cm³/mol. The molecule has 0 atom stereocenters. The average Bonchev–Trinajstić information content (AvgIpc) is 2.44. The molecule has 0 amide bonds. The van der Waals surface area contributed by atoms with Crippen LogP contribution < -0.4 is 16.0 Å². The molecule has 130 valence electrons. The highest BCUT2D eigenvalue weighted by Gasteiger charge is 2.05. The molecule has 4 nitrogen and oxygen atoms in total. The van der Waals surface area contributed by atoms with Crippen molar-refractivity contribution >= 4 is 41.3 Å². The summed E-state index contributed by atoms with van der Waals surface area (Å²) in [5.74, 6) is 0.431. The molecule has 0 saturated heterocycles. The first kappa shape index (κ1) is 20.3. The van der Waals surface area contributed by atoms with E-state index in [4.69, 9.17) is 5.73 Å². The van der Waals surface area contributed by atoms with Crippen LogP contribution in [0.3, 0.4) is 0 Å². The number of benzene rings is 2. The van der Waals surface area contributed by atoms with E-state index in [1.165, 1.54) is 22.4 Å². The van der Waals surface area contributed by atoms with Gasteiger partial charge in [0.05, 0.1) is 6.54 Å². The molecule has 0 aliphatic heterocycles. The van der Waals surface area contributed by atoms with E-state index < -0.39 is 0 Å². The van der Waals surface area contributed by atoms with Gasteiger partial charge in [0.1, 0.15) is 0 Å². The molecule has 0 aliphatic rings. The van der Waals surface area contributed by atoms with Gasteiger partial charge < -0.3 is 16.0 Å². The molecule has 0 bridgehead atoms. The van der Waals surface area contributed by atoms with E-state index in [2.05, 4.69) is 72.4 Å². The van der Waals surface area contributed by atoms with Gasteiger partial charge in [0.2, 0.25) is 0 Å². The number of hydrogen-bond donors (Lipinski definition) is 2. The lowest BCUT2D eigenvalue weighted by Gasteiger charge is -2.17. The predicted octanol–water partition coefficient (Wildman–Crippen LogP) is 4.22. The van der Waals surface area contributed by atoms with Crippen molar-refractivity contribution in [2.75, 3.05) is 24.3 Å². The molecule has 24 heavy (non-hydrogen) atoms. The second-order valence-electron chi connectivity index (χ2n) is 6.23. The second-order valence-corrected chi connectivity index (χ2v) is 6.23. The maximum Gasteiger partial charge on any atom is 0.193 e. The molecule has 2 rings (SSSR count). The zero-order valence-corrected chi connectivity index (χ0v) is 17.4. The van der Waals surface area contributed by atoms with Crippen LogP contribution in [0.1, 0.15) is 22.3 Å². The Morgan fingerprint density at radius 1 is 1.00 bits per heavy atom. The number of anilines is 2. The summed E-state index contributed by atoms with van der Waals surface area (Å²) in [5.41, 5.74) is 13.0. The smallest absolute Gasteiger partial charge is 0.193 e. The van der Waals surface area contributed by atoms with E-state index in [1.807, 2.05) is 14.1 Å². The van der Waals surface area contributed by atoms with E-state index in [0.29, 0.717) is 12.5 Å². The minimum Gasteiger partial charge on any atom is -0.377 e. The quantitative estimate of drug-likeness (QED) is 0.427. The van der Waals surface area contributed by atoms with E-state index >= 15 is 0 Å². The molecule has 0 spiro atoms. The van der Waals surface area contributed by atoms with Crippen LogP contribution in [0.5, 0.6) is 0 Å². The van der Waals surface area contributed by atoms with Crippen LogP contribution in [0.15, 0.2) is 41.4 Å². The highest BCUT2D eigenvalue weighted by molar-refractivity contribution is 14.0. The van der Waals surface area contributed by atoms with Gasteiger partial charge in [-0.05, 0) is 61.2 Å². The number of rotatable bonds is 4. The number of aryl methyl sites for hydroxylation is 3. The maximum absolute atomic E-state index is 6.04. The summed E-state index contributed by atoms with van der Waals surface area (Å²) < 4.78 is 0. The number of nitrogens with one attached hydrogen (secondary N) is 1. The van der Waals surface area contributed by atoms with Crippen LogP contribution >= 0.6 is 24.0 Å². The monoisotopic (exact) mass is 438 g/mol. The maximum atomic E-state index is 6.04. The van der Waals surface area contributed by atoms with Crippen molar-refractivity contribution in [3.8, 4) is 0 Å². The van der Waals surface area contributed by atoms with Crippen molar-refractivity contribution in [1.82, 2.24) is 0 Å². The molecule has 0 saturated carbocycles. The lowest BCUT2D eigenvalue weighted by molar-refractivity contribution is 1.02. The zero-order chi connectivity index (χ0) is 17.0. The van der Waals surface area contributed by atoms with Gasteiger partial charge in [-0.3, -0.25) is 0 Å². The van der Waals surface area contributed by atoms with Crippen molar-refractivity contribution in [1.29, 1.82) is 0 Å². The number of halogens is 1. The third-order valence-electron chi connectivity index (χ3n) is 3.64. The van der Waals surface area contributed by atoms with Gasteiger partial charge >= 0.3 is 0 Å². The van der Waals surface area contributed by atoms with Gasteiger partial charge in [0.15, 0.2) is 5.96 Å². The fourth-order valence-electron chi connectivity index (χ4n) is 2.63. The molecule has 0 aromatic heterocycles. The van der Waals surface area contributed by atoms with Crippen LogP contribution in [-0.2, 0) is 6.54 Å². The molecule has 0 aliphatic carbocycles. The van der Waals surface area contributed by atoms with Crippen LogP contribution in [0.2, 0.25) is 0 Å². The van der Waals surface area contributed by atoms with Crippen molar-refractivity contribution in [3.05, 3.63) is 58.7 Å². The van der Waals surface area contributed by atoms with Crippen LogP contribution in [0, 0.1) is 20.8 Å². The molecule has 0 radical (unpaired) electrons. The van der Waals surface area contributed by atoms with E-state index in [9.17, 15) is 0 Å². The molecule has 0 unspecified atom stereocenters. The Morgan fingerprint density at radius 2 is 1.62 bits per heavy atom. The molecule has 2 aromatic rings. The summed E-state index contributed by atoms with van der Waals surface area (Å²) in [6, 6.07) is 12.6. The topological polar surface area (TPSA) is 53.6 Å². The standard InChI is InChI=1S/C19H26N4.HI/c1-13-6-7-16(18(11-13)23(4)5)12-21-19(20)22-17-9-14(2)8-15(3)10-17;/h6-11H,12H2,1-5H3,(H3,20,21,22);1H. The van der Waals surface area contributed by atoms with Crippen molar-refractivity contribution in [3.63, 3.8) is 0 Å². The Hall–Kier alpha value is -1.76. The third kappa shape index (κ3) is 5.70. The summed E-state index contributed by atoms with van der Waals surface area (Å²) in [7, 11) is 4.08.